The Morgan fingerprint density at radius 1 is 1.17 bits per heavy atom. The molecule has 3 rings (SSSR count). The summed E-state index contributed by atoms with van der Waals surface area (Å²) in [5.41, 5.74) is 4.54. The van der Waals surface area contributed by atoms with Crippen LogP contribution in [0.2, 0.25) is 0 Å². The maximum Gasteiger partial charge on any atom is 0.492 e. The Morgan fingerprint density at radius 3 is 2.33 bits per heavy atom. The maximum atomic E-state index is 12.2. The molecule has 0 amide bonds. The lowest BCUT2D eigenvalue weighted by Crippen LogP contribution is -2.36. The molecule has 0 aromatic carbocycles. The van der Waals surface area contributed by atoms with E-state index in [0.717, 1.165) is 10.8 Å². The van der Waals surface area contributed by atoms with Gasteiger partial charge in [-0.1, -0.05) is 0 Å². The van der Waals surface area contributed by atoms with Gasteiger partial charge in [0.1, 0.15) is 18.3 Å². The second-order valence-electron chi connectivity index (χ2n) is 5.86. The van der Waals surface area contributed by atoms with Crippen LogP contribution in [0.5, 0.6) is 5.75 Å². The number of phosphoric acid groups is 3. The maximum absolute atomic E-state index is 12.2. The highest BCUT2D eigenvalue weighted by atomic mass is 31.3. The highest BCUT2D eigenvalue weighted by Gasteiger charge is 2.55. The Labute approximate surface area is 166 Å². The third-order valence-electron chi connectivity index (χ3n) is 3.79. The summed E-state index contributed by atoms with van der Waals surface area (Å²) >= 11 is 0. The molecule has 0 bridgehead atoms. The highest BCUT2D eigenvalue weighted by molar-refractivity contribution is 7.74. The molecule has 1 aromatic heterocycles. The Balaban J connectivity index is 1.77. The largest absolute Gasteiger partial charge is 0.492 e. The summed E-state index contributed by atoms with van der Waals surface area (Å²) in [5.74, 6) is -0.272. The smallest absolute Gasteiger partial charge is 0.491 e. The number of methoxy groups -OCH3 is 1. The zero-order valence-corrected chi connectivity index (χ0v) is 17.5. The second-order valence-corrected chi connectivity index (χ2v) is 10.8. The molecule has 20 heteroatoms. The molecular formula is C10H16N3O14P3. The standard InChI is InChI=1S/C10H16N3O14P3/c1-22-4-2-13(10(16)12-8(4)11)9-7(15)6(14)5(24-9)3-23-30(21)26-28(17,18)25-29(19,20)27-30/h2,5-7,9,14-15H,3H2,1H3,(H,17,18)(H,19,20)(H2,11,12,16)/t5-,6?,7?,9-/m1/s1. The van der Waals surface area contributed by atoms with Gasteiger partial charge in [-0.15, -0.1) is 0 Å². The summed E-state index contributed by atoms with van der Waals surface area (Å²) in [4.78, 5) is 33.9. The Morgan fingerprint density at radius 2 is 1.77 bits per heavy atom. The van der Waals surface area contributed by atoms with E-state index in [1.54, 1.807) is 0 Å². The van der Waals surface area contributed by atoms with Crippen molar-refractivity contribution in [1.29, 1.82) is 0 Å². The van der Waals surface area contributed by atoms with E-state index in [0.29, 0.717) is 0 Å². The lowest BCUT2D eigenvalue weighted by atomic mass is 10.1. The zero-order valence-electron chi connectivity index (χ0n) is 14.8. The number of aromatic nitrogens is 2. The van der Waals surface area contributed by atoms with Gasteiger partial charge >= 0.3 is 29.2 Å². The minimum atomic E-state index is -5.26. The third kappa shape index (κ3) is 4.83. The van der Waals surface area contributed by atoms with Crippen molar-refractivity contribution in [2.45, 2.75) is 24.5 Å². The van der Waals surface area contributed by atoms with Crippen molar-refractivity contribution in [3.8, 4) is 5.75 Å². The number of aliphatic hydroxyl groups excluding tert-OH is 2. The van der Waals surface area contributed by atoms with Gasteiger partial charge in [-0.05, 0) is 0 Å². The van der Waals surface area contributed by atoms with E-state index in [9.17, 15) is 38.5 Å². The number of rotatable bonds is 5. The van der Waals surface area contributed by atoms with Gasteiger partial charge in [0.25, 0.3) is 0 Å². The van der Waals surface area contributed by atoms with Crippen LogP contribution in [-0.4, -0.2) is 61.6 Å². The molecule has 2 aliphatic rings. The number of nitrogens with zero attached hydrogens (tertiary/aromatic N) is 2. The van der Waals surface area contributed by atoms with Gasteiger partial charge in [0.2, 0.25) is 0 Å². The fourth-order valence-electron chi connectivity index (χ4n) is 2.54. The SMILES string of the molecule is COc1cn([C@@H]2O[C@H](COP3(=O)OP(=O)(O)OP(=O)(O)O3)C(O)C2O)c(=O)nc1N. The minimum Gasteiger partial charge on any atom is -0.491 e. The first-order valence-electron chi connectivity index (χ1n) is 7.74. The van der Waals surface area contributed by atoms with Gasteiger partial charge in [0.05, 0.1) is 19.9 Å². The average molecular weight is 495 g/mol. The molecule has 6 atom stereocenters. The van der Waals surface area contributed by atoms with Crippen LogP contribution in [-0.2, 0) is 35.9 Å². The normalized spacial score (nSPS) is 41.6. The van der Waals surface area contributed by atoms with Crippen LogP contribution in [0.4, 0.5) is 5.82 Å². The van der Waals surface area contributed by atoms with Crippen LogP contribution in [0.3, 0.4) is 0 Å². The summed E-state index contributed by atoms with van der Waals surface area (Å²) in [5, 5.41) is 20.3. The van der Waals surface area contributed by atoms with Crippen LogP contribution in [0.25, 0.3) is 0 Å². The monoisotopic (exact) mass is 495 g/mol. The van der Waals surface area contributed by atoms with Crippen molar-refractivity contribution in [3.63, 3.8) is 0 Å². The summed E-state index contributed by atoms with van der Waals surface area (Å²) in [6.07, 6.45) is -5.42. The van der Waals surface area contributed by atoms with E-state index < -0.39 is 60.3 Å². The Kier molecular flexibility index (Phi) is 6.30. The van der Waals surface area contributed by atoms with Crippen LogP contribution >= 0.6 is 23.5 Å². The summed E-state index contributed by atoms with van der Waals surface area (Å²) < 4.78 is 62.5. The first-order valence-corrected chi connectivity index (χ1v) is 12.2. The van der Waals surface area contributed by atoms with Gasteiger partial charge in [0.15, 0.2) is 17.8 Å². The van der Waals surface area contributed by atoms with E-state index in [1.807, 2.05) is 0 Å². The van der Waals surface area contributed by atoms with Crippen molar-refractivity contribution in [2.75, 3.05) is 19.5 Å². The van der Waals surface area contributed by atoms with Gasteiger partial charge in [-0.25, -0.2) is 18.5 Å². The first-order chi connectivity index (χ1) is 13.8. The summed E-state index contributed by atoms with van der Waals surface area (Å²) in [7, 11) is -14.4. The van der Waals surface area contributed by atoms with Crippen molar-refractivity contribution < 1.29 is 60.6 Å². The number of ether oxygens (including phenoxy) is 2. The Bertz CT molecular complexity index is 1000. The molecule has 0 spiro atoms. The lowest BCUT2D eigenvalue weighted by Gasteiger charge is -2.27. The second kappa shape index (κ2) is 8.06. The quantitative estimate of drug-likeness (QED) is 0.302. The topological polar surface area (TPSA) is 248 Å². The third-order valence-corrected chi connectivity index (χ3v) is 9.15. The number of hydrogen-bond acceptors (Lipinski definition) is 14. The van der Waals surface area contributed by atoms with E-state index >= 15 is 0 Å². The molecular weight excluding hydrogens is 479 g/mol. The molecule has 0 saturated carbocycles. The first kappa shape index (κ1) is 23.5. The molecule has 6 N–H and O–H groups in total. The fraction of sp³-hybridized carbons (Fsp3) is 0.600. The molecule has 0 radical (unpaired) electrons. The number of nitrogens with two attached hydrogens (primary N) is 1. The van der Waals surface area contributed by atoms with E-state index in [-0.39, 0.29) is 11.6 Å². The van der Waals surface area contributed by atoms with E-state index in [4.69, 9.17) is 15.2 Å². The van der Waals surface area contributed by atoms with Crippen molar-refractivity contribution in [3.05, 3.63) is 16.7 Å². The highest BCUT2D eigenvalue weighted by Crippen LogP contribution is 2.80. The molecule has 1 aromatic rings. The van der Waals surface area contributed by atoms with Crippen LogP contribution in [0.1, 0.15) is 6.23 Å². The number of anilines is 1. The number of nitrogen functional groups attached to an aromatic ring is 1. The lowest BCUT2D eigenvalue weighted by molar-refractivity contribution is -0.0546. The average Bonchev–Trinajstić information content (AvgIpc) is 2.85. The Hall–Kier alpha value is -1.19. The molecule has 2 fully saturated rings. The predicted octanol–water partition coefficient (Wildman–Crippen LogP) is -1.16. The van der Waals surface area contributed by atoms with Crippen molar-refractivity contribution in [1.82, 2.24) is 9.55 Å². The van der Waals surface area contributed by atoms with Gasteiger partial charge in [-0.2, -0.15) is 17.9 Å². The molecule has 2 saturated heterocycles. The summed E-state index contributed by atoms with van der Waals surface area (Å²) in [6, 6.07) is 0. The number of hydrogen-bond donors (Lipinski definition) is 5. The predicted molar refractivity (Wildman–Crippen MR) is 91.8 cm³/mol. The number of aliphatic hydroxyl groups is 2. The molecule has 2 aliphatic heterocycles. The van der Waals surface area contributed by atoms with Gasteiger partial charge in [-0.3, -0.25) is 9.09 Å². The van der Waals surface area contributed by atoms with Crippen LogP contribution in [0.15, 0.2) is 11.0 Å². The van der Waals surface area contributed by atoms with E-state index in [1.165, 1.54) is 7.11 Å². The summed E-state index contributed by atoms with van der Waals surface area (Å²) in [6.45, 7) is -0.930. The zero-order chi connectivity index (χ0) is 22.5. The molecule has 4 unspecified atom stereocenters. The van der Waals surface area contributed by atoms with Crippen molar-refractivity contribution >= 4 is 29.3 Å². The minimum absolute atomic E-state index is 0.0366. The molecule has 17 nitrogen and oxygen atoms in total. The van der Waals surface area contributed by atoms with Gasteiger partial charge < -0.3 is 35.2 Å². The molecule has 3 heterocycles. The van der Waals surface area contributed by atoms with Gasteiger partial charge in [0, 0.05) is 0 Å². The van der Waals surface area contributed by atoms with Crippen LogP contribution < -0.4 is 16.2 Å². The van der Waals surface area contributed by atoms with Crippen molar-refractivity contribution in [2.24, 2.45) is 0 Å². The van der Waals surface area contributed by atoms with Crippen LogP contribution in [0, 0.1) is 0 Å². The molecule has 0 aliphatic carbocycles. The van der Waals surface area contributed by atoms with E-state index in [2.05, 4.69) is 22.4 Å². The molecule has 30 heavy (non-hydrogen) atoms. The fourth-order valence-corrected chi connectivity index (χ4v) is 7.47. The molecule has 170 valence electrons.